The highest BCUT2D eigenvalue weighted by Gasteiger charge is 2.17. The van der Waals surface area contributed by atoms with Crippen LogP contribution in [0.2, 0.25) is 0 Å². The SMILES string of the molecule is Cc1ncccc1-c1cc(-c2ccc3c(ccc4c5ccc(-c6cccc(-c7ccccc7)c6)cc5n(-c5ccccc5)c34)c2)ccn1. The summed E-state index contributed by atoms with van der Waals surface area (Å²) in [5.74, 6) is 0. The van der Waals surface area contributed by atoms with E-state index in [1.54, 1.807) is 0 Å². The number of aromatic nitrogens is 3. The first-order valence-electron chi connectivity index (χ1n) is 16.3. The van der Waals surface area contributed by atoms with Crippen molar-refractivity contribution in [3.05, 3.63) is 176 Å². The molecule has 3 heterocycles. The maximum absolute atomic E-state index is 4.67. The van der Waals surface area contributed by atoms with Crippen molar-refractivity contribution in [3.63, 3.8) is 0 Å². The Morgan fingerprint density at radius 1 is 0.438 bits per heavy atom. The lowest BCUT2D eigenvalue weighted by Gasteiger charge is -2.12. The van der Waals surface area contributed by atoms with Gasteiger partial charge in [-0.3, -0.25) is 9.97 Å². The number of para-hydroxylation sites is 1. The summed E-state index contributed by atoms with van der Waals surface area (Å²) in [6.07, 6.45) is 3.72. The summed E-state index contributed by atoms with van der Waals surface area (Å²) < 4.78 is 2.44. The van der Waals surface area contributed by atoms with Gasteiger partial charge in [-0.05, 0) is 100 Å². The van der Waals surface area contributed by atoms with Crippen LogP contribution in [0.25, 0.3) is 82.9 Å². The Morgan fingerprint density at radius 2 is 1.10 bits per heavy atom. The molecule has 0 spiro atoms. The second-order valence-electron chi connectivity index (χ2n) is 12.3. The van der Waals surface area contributed by atoms with Gasteiger partial charge in [-0.2, -0.15) is 0 Å². The molecule has 0 amide bonds. The van der Waals surface area contributed by atoms with E-state index >= 15 is 0 Å². The molecule has 0 aliphatic carbocycles. The van der Waals surface area contributed by atoms with Crippen molar-refractivity contribution in [1.29, 1.82) is 0 Å². The number of hydrogen-bond acceptors (Lipinski definition) is 2. The molecule has 0 radical (unpaired) electrons. The molecule has 0 saturated heterocycles. The summed E-state index contributed by atoms with van der Waals surface area (Å²) >= 11 is 0. The Bertz CT molecular complexity index is 2620. The number of pyridine rings is 2. The maximum atomic E-state index is 4.67. The van der Waals surface area contributed by atoms with Crippen LogP contribution in [0.5, 0.6) is 0 Å². The Hall–Kier alpha value is -6.32. The van der Waals surface area contributed by atoms with Crippen LogP contribution in [0.4, 0.5) is 0 Å². The van der Waals surface area contributed by atoms with Crippen LogP contribution < -0.4 is 0 Å². The molecule has 226 valence electrons. The third-order valence-corrected chi connectivity index (χ3v) is 9.44. The zero-order valence-corrected chi connectivity index (χ0v) is 26.5. The van der Waals surface area contributed by atoms with Gasteiger partial charge >= 0.3 is 0 Å². The molecule has 0 saturated carbocycles. The Kier molecular flexibility index (Phi) is 6.69. The van der Waals surface area contributed by atoms with Crippen LogP contribution in [0, 0.1) is 6.92 Å². The number of rotatable bonds is 5. The minimum Gasteiger partial charge on any atom is -0.309 e. The molecular formula is C45H31N3. The third-order valence-electron chi connectivity index (χ3n) is 9.44. The molecule has 3 heteroatoms. The largest absolute Gasteiger partial charge is 0.309 e. The fourth-order valence-corrected chi connectivity index (χ4v) is 7.06. The highest BCUT2D eigenvalue weighted by molar-refractivity contribution is 6.19. The van der Waals surface area contributed by atoms with Crippen LogP contribution in [-0.4, -0.2) is 14.5 Å². The van der Waals surface area contributed by atoms with Gasteiger partial charge in [0.15, 0.2) is 0 Å². The van der Waals surface area contributed by atoms with Crippen molar-refractivity contribution in [1.82, 2.24) is 14.5 Å². The van der Waals surface area contributed by atoms with E-state index in [1.165, 1.54) is 54.8 Å². The van der Waals surface area contributed by atoms with Crippen LogP contribution in [-0.2, 0) is 0 Å². The number of hydrogen-bond donors (Lipinski definition) is 0. The molecule has 0 aliphatic heterocycles. The molecule has 48 heavy (non-hydrogen) atoms. The predicted octanol–water partition coefficient (Wildman–Crippen LogP) is 11.7. The van der Waals surface area contributed by atoms with Crippen LogP contribution in [0.15, 0.2) is 170 Å². The number of fused-ring (bicyclic) bond motifs is 5. The second-order valence-corrected chi connectivity index (χ2v) is 12.3. The first-order chi connectivity index (χ1) is 23.7. The van der Waals surface area contributed by atoms with Gasteiger partial charge in [0.2, 0.25) is 0 Å². The predicted molar refractivity (Wildman–Crippen MR) is 200 cm³/mol. The molecule has 3 nitrogen and oxygen atoms in total. The van der Waals surface area contributed by atoms with Crippen molar-refractivity contribution in [3.8, 4) is 50.3 Å². The molecule has 0 aliphatic rings. The summed E-state index contributed by atoms with van der Waals surface area (Å²) in [7, 11) is 0. The smallest absolute Gasteiger partial charge is 0.0726 e. The van der Waals surface area contributed by atoms with Crippen LogP contribution >= 0.6 is 0 Å². The fraction of sp³-hybridized carbons (Fsp3) is 0.0222. The number of benzene rings is 6. The van der Waals surface area contributed by atoms with E-state index in [0.717, 1.165) is 33.8 Å². The van der Waals surface area contributed by atoms with Crippen molar-refractivity contribution < 1.29 is 0 Å². The molecule has 0 bridgehead atoms. The lowest BCUT2D eigenvalue weighted by molar-refractivity contribution is 1.18. The molecule has 0 atom stereocenters. The molecule has 9 aromatic rings. The topological polar surface area (TPSA) is 30.7 Å². The maximum Gasteiger partial charge on any atom is 0.0726 e. The Labute approximate surface area is 279 Å². The van der Waals surface area contributed by atoms with Gasteiger partial charge in [0, 0.05) is 45.5 Å². The molecule has 0 unspecified atom stereocenters. The van der Waals surface area contributed by atoms with Crippen LogP contribution in [0.1, 0.15) is 5.69 Å². The van der Waals surface area contributed by atoms with Gasteiger partial charge in [-0.15, -0.1) is 0 Å². The van der Waals surface area contributed by atoms with E-state index in [4.69, 9.17) is 0 Å². The number of aryl methyl sites for hydroxylation is 1. The second kappa shape index (κ2) is 11.5. The summed E-state index contributed by atoms with van der Waals surface area (Å²) in [6.45, 7) is 2.03. The van der Waals surface area contributed by atoms with E-state index in [2.05, 4.69) is 166 Å². The van der Waals surface area contributed by atoms with Gasteiger partial charge in [-0.25, -0.2) is 0 Å². The van der Waals surface area contributed by atoms with Crippen molar-refractivity contribution in [2.75, 3.05) is 0 Å². The van der Waals surface area contributed by atoms with Gasteiger partial charge in [0.1, 0.15) is 0 Å². The van der Waals surface area contributed by atoms with Crippen LogP contribution in [0.3, 0.4) is 0 Å². The minimum atomic E-state index is 0.933. The summed E-state index contributed by atoms with van der Waals surface area (Å²) in [5.41, 5.74) is 13.7. The lowest BCUT2D eigenvalue weighted by Crippen LogP contribution is -1.94. The van der Waals surface area contributed by atoms with Gasteiger partial charge in [0.25, 0.3) is 0 Å². The van der Waals surface area contributed by atoms with Crippen molar-refractivity contribution >= 4 is 32.6 Å². The van der Waals surface area contributed by atoms with Crippen molar-refractivity contribution in [2.24, 2.45) is 0 Å². The summed E-state index contributed by atoms with van der Waals surface area (Å²) in [6, 6.07) is 56.7. The Balaban J connectivity index is 1.22. The Morgan fingerprint density at radius 3 is 1.92 bits per heavy atom. The first-order valence-corrected chi connectivity index (χ1v) is 16.3. The van der Waals surface area contributed by atoms with E-state index < -0.39 is 0 Å². The zero-order chi connectivity index (χ0) is 32.0. The highest BCUT2D eigenvalue weighted by atomic mass is 15.0. The third kappa shape index (κ3) is 4.76. The molecule has 9 rings (SSSR count). The molecule has 6 aromatic carbocycles. The van der Waals surface area contributed by atoms with Gasteiger partial charge in [-0.1, -0.05) is 103 Å². The first kappa shape index (κ1) is 27.9. The van der Waals surface area contributed by atoms with Crippen molar-refractivity contribution in [2.45, 2.75) is 6.92 Å². The fourth-order valence-electron chi connectivity index (χ4n) is 7.06. The molecule has 0 fully saturated rings. The highest BCUT2D eigenvalue weighted by Crippen LogP contribution is 2.40. The van der Waals surface area contributed by atoms with E-state index in [9.17, 15) is 0 Å². The van der Waals surface area contributed by atoms with Gasteiger partial charge < -0.3 is 4.57 Å². The average Bonchev–Trinajstić information content (AvgIpc) is 3.50. The average molecular weight is 614 g/mol. The molecule has 0 N–H and O–H groups in total. The normalized spacial score (nSPS) is 11.4. The molecular weight excluding hydrogens is 583 g/mol. The monoisotopic (exact) mass is 613 g/mol. The van der Waals surface area contributed by atoms with E-state index in [-0.39, 0.29) is 0 Å². The number of nitrogens with zero attached hydrogens (tertiary/aromatic N) is 3. The minimum absolute atomic E-state index is 0.933. The zero-order valence-electron chi connectivity index (χ0n) is 26.5. The molecule has 3 aromatic heterocycles. The quantitative estimate of drug-likeness (QED) is 0.193. The summed E-state index contributed by atoms with van der Waals surface area (Å²) in [5, 5.41) is 4.92. The standard InChI is InChI=1S/C45H31N3/c1-30-39(16-9-24-46-30)43-28-36(23-25-47-43)34-17-20-40-37(27-34)19-22-42-41-21-18-35(29-44(41)48(45(40)42)38-14-6-3-7-15-38)33-13-8-12-32(26-33)31-10-4-2-5-11-31/h2-29H,1H3. The van der Waals surface area contributed by atoms with E-state index in [1.807, 2.05) is 25.4 Å². The van der Waals surface area contributed by atoms with Gasteiger partial charge in [0.05, 0.1) is 16.7 Å². The lowest BCUT2D eigenvalue weighted by atomic mass is 9.97. The summed E-state index contributed by atoms with van der Waals surface area (Å²) in [4.78, 5) is 9.15. The van der Waals surface area contributed by atoms with E-state index in [0.29, 0.717) is 0 Å².